The number of hydrazone groups is 1. The number of methoxy groups -OCH3 is 1. The quantitative estimate of drug-likeness (QED) is 0.164. The van der Waals surface area contributed by atoms with Crippen LogP contribution < -0.4 is 20.2 Å². The zero-order valence-corrected chi connectivity index (χ0v) is 20.4. The molecule has 4 aromatic rings. The van der Waals surface area contributed by atoms with E-state index in [2.05, 4.69) is 15.8 Å². The molecular weight excluding hydrogens is 470 g/mol. The van der Waals surface area contributed by atoms with Gasteiger partial charge < -0.3 is 14.8 Å². The predicted octanol–water partition coefficient (Wildman–Crippen LogP) is 4.26. The van der Waals surface area contributed by atoms with Crippen molar-refractivity contribution in [2.45, 2.75) is 6.92 Å². The van der Waals surface area contributed by atoms with Gasteiger partial charge in [0, 0.05) is 11.1 Å². The SMILES string of the molecule is COc1ccc(C(=O)Oc2ccc3ccccc3c2C=NNC(=O)CNC(=O)c2ccccc2C)cc1. The highest BCUT2D eigenvalue weighted by Crippen LogP contribution is 2.27. The van der Waals surface area contributed by atoms with E-state index >= 15 is 0 Å². The van der Waals surface area contributed by atoms with E-state index in [-0.39, 0.29) is 18.2 Å². The summed E-state index contributed by atoms with van der Waals surface area (Å²) in [7, 11) is 1.55. The number of rotatable bonds is 8. The minimum absolute atomic E-state index is 0.251. The molecule has 4 aromatic carbocycles. The van der Waals surface area contributed by atoms with Gasteiger partial charge in [0.15, 0.2) is 0 Å². The Hall–Kier alpha value is -4.98. The van der Waals surface area contributed by atoms with E-state index in [1.807, 2.05) is 49.4 Å². The van der Waals surface area contributed by atoms with Gasteiger partial charge in [-0.2, -0.15) is 5.10 Å². The Morgan fingerprint density at radius 2 is 1.62 bits per heavy atom. The molecule has 0 aliphatic rings. The van der Waals surface area contributed by atoms with E-state index in [4.69, 9.17) is 9.47 Å². The molecule has 2 amide bonds. The maximum atomic E-state index is 12.8. The Bertz CT molecular complexity index is 1480. The minimum Gasteiger partial charge on any atom is -0.497 e. The van der Waals surface area contributed by atoms with E-state index < -0.39 is 11.9 Å². The summed E-state index contributed by atoms with van der Waals surface area (Å²) in [5.74, 6) is -0.490. The fourth-order valence-electron chi connectivity index (χ4n) is 3.68. The normalized spacial score (nSPS) is 10.8. The number of esters is 1. The van der Waals surface area contributed by atoms with Crippen LogP contribution in [0.4, 0.5) is 0 Å². The van der Waals surface area contributed by atoms with Crippen LogP contribution in [0.2, 0.25) is 0 Å². The van der Waals surface area contributed by atoms with Crippen molar-refractivity contribution in [1.29, 1.82) is 0 Å². The lowest BCUT2D eigenvalue weighted by molar-refractivity contribution is -0.120. The van der Waals surface area contributed by atoms with Crippen LogP contribution in [0.5, 0.6) is 11.5 Å². The second-order valence-corrected chi connectivity index (χ2v) is 8.11. The molecule has 0 unspecified atom stereocenters. The van der Waals surface area contributed by atoms with Gasteiger partial charge in [0.1, 0.15) is 11.5 Å². The number of carbonyl (C=O) groups is 3. The molecule has 4 rings (SSSR count). The molecule has 186 valence electrons. The summed E-state index contributed by atoms with van der Waals surface area (Å²) >= 11 is 0. The van der Waals surface area contributed by atoms with Crippen LogP contribution in [0.3, 0.4) is 0 Å². The highest BCUT2D eigenvalue weighted by atomic mass is 16.5. The van der Waals surface area contributed by atoms with Crippen molar-refractivity contribution in [2.24, 2.45) is 5.10 Å². The van der Waals surface area contributed by atoms with Crippen LogP contribution in [0.15, 0.2) is 90.0 Å². The maximum Gasteiger partial charge on any atom is 0.343 e. The van der Waals surface area contributed by atoms with Gasteiger partial charge in [0.05, 0.1) is 25.4 Å². The van der Waals surface area contributed by atoms with Gasteiger partial charge in [0.25, 0.3) is 11.8 Å². The van der Waals surface area contributed by atoms with E-state index in [1.54, 1.807) is 49.6 Å². The number of amides is 2. The molecule has 0 fully saturated rings. The van der Waals surface area contributed by atoms with E-state index in [1.165, 1.54) is 6.21 Å². The van der Waals surface area contributed by atoms with E-state index in [0.717, 1.165) is 16.3 Å². The largest absolute Gasteiger partial charge is 0.497 e. The number of hydrogen-bond donors (Lipinski definition) is 2. The molecule has 2 N–H and O–H groups in total. The summed E-state index contributed by atoms with van der Waals surface area (Å²) in [6.45, 7) is 1.57. The maximum absolute atomic E-state index is 12.8. The number of fused-ring (bicyclic) bond motifs is 1. The second kappa shape index (κ2) is 11.6. The fraction of sp³-hybridized carbons (Fsp3) is 0.103. The molecule has 0 heterocycles. The Kier molecular flexibility index (Phi) is 7.90. The third-order valence-corrected chi connectivity index (χ3v) is 5.64. The van der Waals surface area contributed by atoms with Crippen LogP contribution in [0.25, 0.3) is 10.8 Å². The molecule has 0 aliphatic carbocycles. The lowest BCUT2D eigenvalue weighted by Gasteiger charge is -2.11. The Balaban J connectivity index is 1.47. The molecule has 8 heteroatoms. The predicted molar refractivity (Wildman–Crippen MR) is 141 cm³/mol. The van der Waals surface area contributed by atoms with Gasteiger partial charge in [-0.25, -0.2) is 10.2 Å². The monoisotopic (exact) mass is 495 g/mol. The van der Waals surface area contributed by atoms with Crippen molar-refractivity contribution >= 4 is 34.8 Å². The summed E-state index contributed by atoms with van der Waals surface area (Å²) in [5, 5.41) is 8.31. The number of carbonyl (C=O) groups excluding carboxylic acids is 3. The average Bonchev–Trinajstić information content (AvgIpc) is 2.93. The molecule has 0 radical (unpaired) electrons. The van der Waals surface area contributed by atoms with Crippen LogP contribution in [-0.4, -0.2) is 37.7 Å². The second-order valence-electron chi connectivity index (χ2n) is 8.11. The van der Waals surface area contributed by atoms with Crippen molar-refractivity contribution < 1.29 is 23.9 Å². The summed E-state index contributed by atoms with van der Waals surface area (Å²) in [6, 6.07) is 24.7. The minimum atomic E-state index is -0.546. The lowest BCUT2D eigenvalue weighted by atomic mass is 10.0. The van der Waals surface area contributed by atoms with Crippen molar-refractivity contribution in [3.8, 4) is 11.5 Å². The first-order valence-electron chi connectivity index (χ1n) is 11.5. The van der Waals surface area contributed by atoms with Crippen LogP contribution in [0.1, 0.15) is 31.8 Å². The smallest absolute Gasteiger partial charge is 0.343 e. The first-order valence-corrected chi connectivity index (χ1v) is 11.5. The van der Waals surface area contributed by atoms with Crippen molar-refractivity contribution in [3.63, 3.8) is 0 Å². The first kappa shape index (κ1) is 25.1. The molecule has 0 aliphatic heterocycles. The van der Waals surface area contributed by atoms with Crippen LogP contribution in [0, 0.1) is 6.92 Å². The Morgan fingerprint density at radius 3 is 2.38 bits per heavy atom. The summed E-state index contributed by atoms with van der Waals surface area (Å²) in [5.41, 5.74) is 4.59. The molecule has 37 heavy (non-hydrogen) atoms. The number of nitrogens with zero attached hydrogens (tertiary/aromatic N) is 1. The zero-order valence-electron chi connectivity index (χ0n) is 20.4. The van der Waals surface area contributed by atoms with E-state index in [0.29, 0.717) is 22.4 Å². The fourth-order valence-corrected chi connectivity index (χ4v) is 3.68. The van der Waals surface area contributed by atoms with Gasteiger partial charge in [-0.3, -0.25) is 9.59 Å². The van der Waals surface area contributed by atoms with Gasteiger partial charge in [-0.15, -0.1) is 0 Å². The van der Waals surface area contributed by atoms with Gasteiger partial charge in [-0.05, 0) is 59.7 Å². The average molecular weight is 496 g/mol. The first-order chi connectivity index (χ1) is 18.0. The number of benzene rings is 4. The summed E-state index contributed by atoms with van der Waals surface area (Å²) in [4.78, 5) is 37.4. The molecular formula is C29H25N3O5. The molecule has 0 saturated carbocycles. The molecule has 0 bridgehead atoms. The number of hydrogen-bond acceptors (Lipinski definition) is 6. The van der Waals surface area contributed by atoms with Crippen LogP contribution >= 0.6 is 0 Å². The summed E-state index contributed by atoms with van der Waals surface area (Å²) in [6.07, 6.45) is 1.42. The topological polar surface area (TPSA) is 106 Å². The van der Waals surface area contributed by atoms with Gasteiger partial charge in [-0.1, -0.05) is 48.5 Å². The van der Waals surface area contributed by atoms with Gasteiger partial charge in [0.2, 0.25) is 0 Å². The van der Waals surface area contributed by atoms with E-state index in [9.17, 15) is 14.4 Å². The molecule has 0 saturated heterocycles. The number of nitrogens with one attached hydrogen (secondary N) is 2. The lowest BCUT2D eigenvalue weighted by Crippen LogP contribution is -2.35. The third-order valence-electron chi connectivity index (χ3n) is 5.64. The van der Waals surface area contributed by atoms with Crippen LogP contribution in [-0.2, 0) is 4.79 Å². The molecule has 8 nitrogen and oxygen atoms in total. The van der Waals surface area contributed by atoms with Crippen molar-refractivity contribution in [3.05, 3.63) is 107 Å². The number of ether oxygens (including phenoxy) is 2. The summed E-state index contributed by atoms with van der Waals surface area (Å²) < 4.78 is 10.8. The molecule has 0 aromatic heterocycles. The zero-order chi connectivity index (χ0) is 26.2. The highest BCUT2D eigenvalue weighted by Gasteiger charge is 2.14. The highest BCUT2D eigenvalue weighted by molar-refractivity contribution is 6.04. The Labute approximate surface area is 213 Å². The Morgan fingerprint density at radius 1 is 0.892 bits per heavy atom. The van der Waals surface area contributed by atoms with Crippen molar-refractivity contribution in [2.75, 3.05) is 13.7 Å². The standard InChI is InChI=1S/C29H25N3O5/c1-19-7-3-5-9-23(19)28(34)30-18-27(33)32-31-17-25-24-10-6-4-8-20(24)13-16-26(25)37-29(35)21-11-14-22(36-2)15-12-21/h3-17H,18H2,1-2H3,(H,30,34)(H,32,33). The third kappa shape index (κ3) is 6.18. The molecule has 0 spiro atoms. The molecule has 0 atom stereocenters. The van der Waals surface area contributed by atoms with Gasteiger partial charge >= 0.3 is 5.97 Å². The number of aryl methyl sites for hydroxylation is 1. The van der Waals surface area contributed by atoms with Crippen molar-refractivity contribution in [1.82, 2.24) is 10.7 Å².